The van der Waals surface area contributed by atoms with Crippen LogP contribution in [0.5, 0.6) is 0 Å². The number of hydrogen-bond donors (Lipinski definition) is 0. The summed E-state index contributed by atoms with van der Waals surface area (Å²) in [4.78, 5) is 38.2. The molecular weight excluding hydrogens is 985 g/mol. The van der Waals surface area contributed by atoms with Gasteiger partial charge in [0.1, 0.15) is 13.2 Å². The molecule has 6 nitrogen and oxygen atoms in total. The molecule has 0 saturated heterocycles. The molecule has 0 heterocycles. The van der Waals surface area contributed by atoms with Crippen LogP contribution in [0.25, 0.3) is 0 Å². The number of carbonyl (C=O) groups excluding carboxylic acids is 3. The smallest absolute Gasteiger partial charge is 0.306 e. The quantitative estimate of drug-likeness (QED) is 0.0261. The predicted molar refractivity (Wildman–Crippen MR) is 348 cm³/mol. The average molecular weight is 1100 g/mol. The number of rotatable bonds is 56. The summed E-state index contributed by atoms with van der Waals surface area (Å²) < 4.78 is 16.9. The molecule has 6 heteroatoms. The molecule has 0 aliphatic heterocycles. The first-order chi connectivity index (χ1) is 39.5. The number of ether oxygens (including phenoxy) is 3. The molecule has 0 aliphatic rings. The molecule has 0 fully saturated rings. The van der Waals surface area contributed by atoms with Crippen molar-refractivity contribution in [2.45, 2.75) is 264 Å². The van der Waals surface area contributed by atoms with Crippen molar-refractivity contribution in [2.24, 2.45) is 0 Å². The normalized spacial score (nSPS) is 13.3. The van der Waals surface area contributed by atoms with Crippen molar-refractivity contribution >= 4 is 17.9 Å². The molecule has 448 valence electrons. The first-order valence-electron chi connectivity index (χ1n) is 32.1. The minimum atomic E-state index is -0.809. The summed E-state index contributed by atoms with van der Waals surface area (Å²) in [5.74, 6) is -0.957. The Morgan fingerprint density at radius 3 is 0.775 bits per heavy atom. The zero-order chi connectivity index (χ0) is 57.8. The Bertz CT molecular complexity index is 1840. The molecule has 0 rings (SSSR count). The van der Waals surface area contributed by atoms with E-state index in [-0.39, 0.29) is 37.5 Å². The van der Waals surface area contributed by atoms with Crippen molar-refractivity contribution < 1.29 is 28.6 Å². The van der Waals surface area contributed by atoms with Crippen LogP contribution < -0.4 is 0 Å². The van der Waals surface area contributed by atoms with Gasteiger partial charge in [0.2, 0.25) is 0 Å². The second-order valence-electron chi connectivity index (χ2n) is 20.5. The van der Waals surface area contributed by atoms with Crippen molar-refractivity contribution in [3.8, 4) is 0 Å². The van der Waals surface area contributed by atoms with Crippen LogP contribution in [0.15, 0.2) is 170 Å². The van der Waals surface area contributed by atoms with Crippen LogP contribution in [0.1, 0.15) is 258 Å². The van der Waals surface area contributed by atoms with Crippen LogP contribution in [0, 0.1) is 0 Å². The summed E-state index contributed by atoms with van der Waals surface area (Å²) in [5, 5.41) is 0. The van der Waals surface area contributed by atoms with E-state index in [1.807, 2.05) is 0 Å². The molecule has 1 atom stereocenters. The van der Waals surface area contributed by atoms with Gasteiger partial charge in [-0.3, -0.25) is 14.4 Å². The minimum absolute atomic E-state index is 0.104. The maximum Gasteiger partial charge on any atom is 0.306 e. The highest BCUT2D eigenvalue weighted by Crippen LogP contribution is 2.14. The molecule has 0 bridgehead atoms. The van der Waals surface area contributed by atoms with Crippen LogP contribution >= 0.6 is 0 Å². The van der Waals surface area contributed by atoms with Crippen LogP contribution in [-0.4, -0.2) is 37.2 Å². The SMILES string of the molecule is CC/C=C\C/C=C\C/C=C\C/C=C\C/C=C\C/C=C\C/C=C\CCCCCCCCCC(=O)OCC(COC(=O)CCCCCCC/C=C\CCC)OC(=O)CCCCCC/C=C\C/C=C\C/C=C\C/C=C\C/C=C\C/C=C\CC. The fraction of sp³-hybridized carbons (Fsp3) is 0.581. The summed E-state index contributed by atoms with van der Waals surface area (Å²) in [7, 11) is 0. The lowest BCUT2D eigenvalue weighted by atomic mass is 10.1. The predicted octanol–water partition coefficient (Wildman–Crippen LogP) is 22.3. The average Bonchev–Trinajstić information content (AvgIpc) is 3.46. The Morgan fingerprint density at radius 2 is 0.487 bits per heavy atom. The van der Waals surface area contributed by atoms with E-state index in [0.717, 1.165) is 180 Å². The maximum absolute atomic E-state index is 12.9. The van der Waals surface area contributed by atoms with E-state index in [2.05, 4.69) is 191 Å². The van der Waals surface area contributed by atoms with Gasteiger partial charge in [-0.2, -0.15) is 0 Å². The van der Waals surface area contributed by atoms with Crippen LogP contribution in [0.4, 0.5) is 0 Å². The number of carbonyl (C=O) groups is 3. The molecule has 0 N–H and O–H groups in total. The van der Waals surface area contributed by atoms with Gasteiger partial charge in [0, 0.05) is 19.3 Å². The molecule has 0 radical (unpaired) electrons. The fourth-order valence-electron chi connectivity index (χ4n) is 8.19. The second-order valence-corrected chi connectivity index (χ2v) is 20.5. The highest BCUT2D eigenvalue weighted by atomic mass is 16.6. The molecule has 0 aliphatic carbocycles. The third-order valence-electron chi connectivity index (χ3n) is 12.9. The number of esters is 3. The maximum atomic E-state index is 12.9. The van der Waals surface area contributed by atoms with Gasteiger partial charge in [-0.15, -0.1) is 0 Å². The fourth-order valence-corrected chi connectivity index (χ4v) is 8.19. The summed E-state index contributed by atoms with van der Waals surface area (Å²) in [6, 6.07) is 0. The molecule has 80 heavy (non-hydrogen) atoms. The Labute approximate surface area is 492 Å². The van der Waals surface area contributed by atoms with E-state index in [1.165, 1.54) is 38.5 Å². The zero-order valence-electron chi connectivity index (χ0n) is 51.3. The molecule has 1 unspecified atom stereocenters. The zero-order valence-corrected chi connectivity index (χ0v) is 51.3. The van der Waals surface area contributed by atoms with Crippen molar-refractivity contribution in [1.82, 2.24) is 0 Å². The van der Waals surface area contributed by atoms with Gasteiger partial charge in [-0.25, -0.2) is 0 Å². The Morgan fingerprint density at radius 1 is 0.263 bits per heavy atom. The third kappa shape index (κ3) is 63.6. The molecular formula is C74H116O6. The highest BCUT2D eigenvalue weighted by Gasteiger charge is 2.19. The van der Waals surface area contributed by atoms with Crippen LogP contribution in [0.2, 0.25) is 0 Å². The largest absolute Gasteiger partial charge is 0.462 e. The summed E-state index contributed by atoms with van der Waals surface area (Å²) >= 11 is 0. The number of unbranched alkanes of at least 4 members (excludes halogenated alkanes) is 17. The second kappa shape index (κ2) is 66.3. The monoisotopic (exact) mass is 1100 g/mol. The molecule has 0 aromatic heterocycles. The Kier molecular flexibility index (Phi) is 61.9. The van der Waals surface area contributed by atoms with E-state index < -0.39 is 6.10 Å². The van der Waals surface area contributed by atoms with Gasteiger partial charge in [-0.1, -0.05) is 262 Å². The lowest BCUT2D eigenvalue weighted by Crippen LogP contribution is -2.30. The van der Waals surface area contributed by atoms with Crippen LogP contribution in [-0.2, 0) is 28.6 Å². The van der Waals surface area contributed by atoms with Crippen molar-refractivity contribution in [2.75, 3.05) is 13.2 Å². The van der Waals surface area contributed by atoms with Gasteiger partial charge in [0.25, 0.3) is 0 Å². The number of hydrogen-bond acceptors (Lipinski definition) is 6. The van der Waals surface area contributed by atoms with Gasteiger partial charge < -0.3 is 14.2 Å². The van der Waals surface area contributed by atoms with Gasteiger partial charge in [0.05, 0.1) is 0 Å². The minimum Gasteiger partial charge on any atom is -0.462 e. The van der Waals surface area contributed by atoms with E-state index in [9.17, 15) is 14.4 Å². The van der Waals surface area contributed by atoms with Crippen LogP contribution in [0.3, 0.4) is 0 Å². The summed E-state index contributed by atoms with van der Waals surface area (Å²) in [6.45, 7) is 6.30. The van der Waals surface area contributed by atoms with E-state index in [1.54, 1.807) is 0 Å². The summed E-state index contributed by atoms with van der Waals surface area (Å²) in [5.41, 5.74) is 0. The van der Waals surface area contributed by atoms with E-state index >= 15 is 0 Å². The van der Waals surface area contributed by atoms with Gasteiger partial charge >= 0.3 is 17.9 Å². The van der Waals surface area contributed by atoms with Crippen molar-refractivity contribution in [1.29, 1.82) is 0 Å². The van der Waals surface area contributed by atoms with Crippen molar-refractivity contribution in [3.05, 3.63) is 170 Å². The first-order valence-corrected chi connectivity index (χ1v) is 32.1. The standard InChI is InChI=1S/C74H116O6/c1-4-7-10-13-16-19-22-24-26-28-30-32-34-35-36-37-38-39-41-42-44-46-48-50-52-55-58-61-64-67-73(76)79-70-71(69-78-72(75)66-63-60-57-54-21-18-15-12-9-6-3)80-74(77)68-65-62-59-56-53-51-49-47-45-43-40-33-31-29-27-25-23-20-17-14-11-8-5-2/h7-8,10-12,15-17,19-20,24-27,30-33,35-36,38-39,42-45,49,51,71H,4-6,9,13-14,18,21-23,28-29,34,37,40-41,46-48,50,52-70H2,1-3H3/b10-7-,11-8-,15-12-,19-16-,20-17-,26-24-,27-25-,32-30-,33-31-,36-35-,39-38-,44-42-,45-43-,51-49-. The Balaban J connectivity index is 4.37. The molecule has 0 aromatic carbocycles. The van der Waals surface area contributed by atoms with E-state index in [0.29, 0.717) is 12.8 Å². The van der Waals surface area contributed by atoms with Gasteiger partial charge in [-0.05, 0) is 148 Å². The van der Waals surface area contributed by atoms with Crippen molar-refractivity contribution in [3.63, 3.8) is 0 Å². The molecule has 0 aromatic rings. The Hall–Kier alpha value is -5.23. The topological polar surface area (TPSA) is 78.9 Å². The highest BCUT2D eigenvalue weighted by molar-refractivity contribution is 5.71. The number of allylic oxidation sites excluding steroid dienone is 28. The lowest BCUT2D eigenvalue weighted by Gasteiger charge is -2.18. The summed E-state index contributed by atoms with van der Waals surface area (Å²) in [6.07, 6.45) is 97.9. The molecule has 0 saturated carbocycles. The third-order valence-corrected chi connectivity index (χ3v) is 12.9. The first kappa shape index (κ1) is 74.8. The molecule has 0 spiro atoms. The van der Waals surface area contributed by atoms with E-state index in [4.69, 9.17) is 14.2 Å². The van der Waals surface area contributed by atoms with Gasteiger partial charge in [0.15, 0.2) is 6.10 Å². The molecule has 0 amide bonds. The lowest BCUT2D eigenvalue weighted by molar-refractivity contribution is -0.167.